The maximum absolute atomic E-state index is 12.5. The number of hydrogen-bond acceptors (Lipinski definition) is 4. The fourth-order valence-corrected chi connectivity index (χ4v) is 1.13. The molecule has 0 unspecified atom stereocenters. The molecule has 2 rings (SSSR count). The molecule has 8 heteroatoms. The van der Waals surface area contributed by atoms with Crippen LogP contribution in [0.3, 0.4) is 0 Å². The van der Waals surface area contributed by atoms with E-state index in [9.17, 15) is 13.2 Å². The lowest BCUT2D eigenvalue weighted by molar-refractivity contribution is -0.140. The van der Waals surface area contributed by atoms with Crippen molar-refractivity contribution in [2.45, 2.75) is 6.18 Å². The second-order valence-corrected chi connectivity index (χ2v) is 2.92. The van der Waals surface area contributed by atoms with E-state index in [1.807, 2.05) is 0 Å². The third-order valence-corrected chi connectivity index (χ3v) is 1.80. The lowest BCUT2D eigenvalue weighted by Gasteiger charge is -2.09. The zero-order chi connectivity index (χ0) is 11.8. The van der Waals surface area contributed by atoms with E-state index in [4.69, 9.17) is 5.73 Å². The van der Waals surface area contributed by atoms with Gasteiger partial charge < -0.3 is 5.73 Å². The molecule has 0 aliphatic rings. The number of pyridine rings is 1. The number of nitrogens with zero attached hydrogens (tertiary/aromatic N) is 4. The van der Waals surface area contributed by atoms with E-state index in [2.05, 4.69) is 15.2 Å². The van der Waals surface area contributed by atoms with Crippen molar-refractivity contribution in [1.82, 2.24) is 20.0 Å². The fraction of sp³-hybridized carbons (Fsp3) is 0.125. The number of hydrogen-bond donors (Lipinski definition) is 1. The number of nitrogens with two attached hydrogens (primary N) is 1. The van der Waals surface area contributed by atoms with Crippen LogP contribution in [0.15, 0.2) is 24.5 Å². The Kier molecular flexibility index (Phi) is 2.26. The molecule has 2 aromatic heterocycles. The molecular formula is C8H6F3N5. The summed E-state index contributed by atoms with van der Waals surface area (Å²) in [5.74, 6) is -0.0356. The van der Waals surface area contributed by atoms with E-state index in [1.165, 1.54) is 18.5 Å². The van der Waals surface area contributed by atoms with Crippen LogP contribution in [0, 0.1) is 0 Å². The number of halogens is 3. The molecular weight excluding hydrogens is 223 g/mol. The van der Waals surface area contributed by atoms with Gasteiger partial charge in [0.25, 0.3) is 0 Å². The zero-order valence-corrected chi connectivity index (χ0v) is 7.81. The first-order valence-corrected chi connectivity index (χ1v) is 4.19. The molecule has 16 heavy (non-hydrogen) atoms. The van der Waals surface area contributed by atoms with Crippen molar-refractivity contribution in [2.75, 3.05) is 5.73 Å². The van der Waals surface area contributed by atoms with E-state index in [-0.39, 0.29) is 5.82 Å². The molecule has 84 valence electrons. The number of alkyl halides is 3. The quantitative estimate of drug-likeness (QED) is 0.799. The van der Waals surface area contributed by atoms with Crippen molar-refractivity contribution in [1.29, 1.82) is 0 Å². The highest BCUT2D eigenvalue weighted by Gasteiger charge is 2.35. The summed E-state index contributed by atoms with van der Waals surface area (Å²) < 4.78 is 37.4. The van der Waals surface area contributed by atoms with E-state index < -0.39 is 17.6 Å². The largest absolute Gasteiger partial charge is 0.435 e. The van der Waals surface area contributed by atoms with Crippen LogP contribution in [0.2, 0.25) is 0 Å². The van der Waals surface area contributed by atoms with Crippen LogP contribution >= 0.6 is 0 Å². The lowest BCUT2D eigenvalue weighted by Crippen LogP contribution is -2.14. The lowest BCUT2D eigenvalue weighted by atomic mass is 10.3. The van der Waals surface area contributed by atoms with Crippen LogP contribution in [0.4, 0.5) is 18.9 Å². The van der Waals surface area contributed by atoms with Gasteiger partial charge in [-0.25, -0.2) is 4.98 Å². The van der Waals surface area contributed by atoms with Crippen LogP contribution in [0.5, 0.6) is 0 Å². The first kappa shape index (κ1) is 10.4. The number of rotatable bonds is 1. The van der Waals surface area contributed by atoms with Gasteiger partial charge in [0.05, 0.1) is 18.1 Å². The van der Waals surface area contributed by atoms with Crippen molar-refractivity contribution in [3.05, 3.63) is 30.2 Å². The van der Waals surface area contributed by atoms with Crippen molar-refractivity contribution >= 4 is 5.69 Å². The number of nitrogen functional groups attached to an aromatic ring is 1. The molecule has 0 radical (unpaired) electrons. The highest BCUT2D eigenvalue weighted by Crippen LogP contribution is 2.32. The first-order valence-electron chi connectivity index (χ1n) is 4.19. The van der Waals surface area contributed by atoms with E-state index in [0.29, 0.717) is 0 Å². The number of aromatic nitrogens is 4. The molecule has 2 heterocycles. The minimum absolute atomic E-state index is 0.0356. The molecule has 5 nitrogen and oxygen atoms in total. The average Bonchev–Trinajstić information content (AvgIpc) is 2.69. The van der Waals surface area contributed by atoms with Gasteiger partial charge in [-0.05, 0) is 12.1 Å². The third kappa shape index (κ3) is 1.81. The maximum atomic E-state index is 12.5. The predicted molar refractivity (Wildman–Crippen MR) is 48.6 cm³/mol. The maximum Gasteiger partial charge on any atom is 0.435 e. The average molecular weight is 229 g/mol. The molecule has 0 saturated carbocycles. The molecule has 0 atom stereocenters. The second-order valence-electron chi connectivity index (χ2n) is 2.92. The summed E-state index contributed by atoms with van der Waals surface area (Å²) in [5, 5.41) is 7.35. The molecule has 0 spiro atoms. The van der Waals surface area contributed by atoms with Crippen LogP contribution in [0.1, 0.15) is 5.69 Å². The SMILES string of the molecule is Nc1ccc(-n2nccn2)nc1C(F)(F)F. The minimum Gasteiger partial charge on any atom is -0.397 e. The van der Waals surface area contributed by atoms with Crippen molar-refractivity contribution in [2.24, 2.45) is 0 Å². The summed E-state index contributed by atoms with van der Waals surface area (Å²) in [7, 11) is 0. The van der Waals surface area contributed by atoms with Crippen molar-refractivity contribution in [3.8, 4) is 5.82 Å². The molecule has 0 amide bonds. The first-order chi connectivity index (χ1) is 7.48. The Hall–Kier alpha value is -2.12. The summed E-state index contributed by atoms with van der Waals surface area (Å²) in [6.45, 7) is 0. The minimum atomic E-state index is -4.59. The summed E-state index contributed by atoms with van der Waals surface area (Å²) in [6, 6.07) is 2.43. The normalized spacial score (nSPS) is 11.7. The Morgan fingerprint density at radius 1 is 1.12 bits per heavy atom. The van der Waals surface area contributed by atoms with E-state index in [0.717, 1.165) is 10.9 Å². The Morgan fingerprint density at radius 3 is 2.31 bits per heavy atom. The van der Waals surface area contributed by atoms with Gasteiger partial charge in [-0.3, -0.25) is 0 Å². The molecule has 0 saturated heterocycles. The molecule has 0 aliphatic carbocycles. The molecule has 2 N–H and O–H groups in total. The van der Waals surface area contributed by atoms with Gasteiger partial charge in [0, 0.05) is 0 Å². The molecule has 0 bridgehead atoms. The summed E-state index contributed by atoms with van der Waals surface area (Å²) in [5.41, 5.74) is 3.63. The standard InChI is InChI=1S/C8H6F3N5/c9-8(10,11)7-5(12)1-2-6(15-7)16-13-3-4-14-16/h1-4H,12H2. The Morgan fingerprint density at radius 2 is 1.75 bits per heavy atom. The van der Waals surface area contributed by atoms with Crippen LogP contribution in [-0.2, 0) is 6.18 Å². The third-order valence-electron chi connectivity index (χ3n) is 1.80. The smallest absolute Gasteiger partial charge is 0.397 e. The molecule has 2 aromatic rings. The zero-order valence-electron chi connectivity index (χ0n) is 7.81. The summed E-state index contributed by atoms with van der Waals surface area (Å²) >= 11 is 0. The Labute approximate surface area is 87.7 Å². The predicted octanol–water partition coefficient (Wildman–Crippen LogP) is 1.26. The number of anilines is 1. The monoisotopic (exact) mass is 229 g/mol. The van der Waals surface area contributed by atoms with Crippen molar-refractivity contribution < 1.29 is 13.2 Å². The Bertz CT molecular complexity index is 491. The van der Waals surface area contributed by atoms with Crippen LogP contribution < -0.4 is 5.73 Å². The van der Waals surface area contributed by atoms with Gasteiger partial charge in [-0.2, -0.15) is 23.4 Å². The van der Waals surface area contributed by atoms with Gasteiger partial charge in [0.2, 0.25) is 0 Å². The van der Waals surface area contributed by atoms with Gasteiger partial charge in [-0.15, -0.1) is 4.80 Å². The summed E-state index contributed by atoms with van der Waals surface area (Å²) in [6.07, 6.45) is -1.91. The van der Waals surface area contributed by atoms with Gasteiger partial charge in [0.15, 0.2) is 11.5 Å². The fourth-order valence-electron chi connectivity index (χ4n) is 1.13. The van der Waals surface area contributed by atoms with E-state index >= 15 is 0 Å². The molecule has 0 aliphatic heterocycles. The highest BCUT2D eigenvalue weighted by molar-refractivity contribution is 5.47. The molecule has 0 fully saturated rings. The van der Waals surface area contributed by atoms with E-state index in [1.54, 1.807) is 0 Å². The second kappa shape index (κ2) is 3.47. The van der Waals surface area contributed by atoms with Crippen LogP contribution in [0.25, 0.3) is 5.82 Å². The van der Waals surface area contributed by atoms with Gasteiger partial charge in [0.1, 0.15) is 0 Å². The Balaban J connectivity index is 2.52. The van der Waals surface area contributed by atoms with Crippen LogP contribution in [-0.4, -0.2) is 20.0 Å². The van der Waals surface area contributed by atoms with Crippen molar-refractivity contribution in [3.63, 3.8) is 0 Å². The summed E-state index contributed by atoms with van der Waals surface area (Å²) in [4.78, 5) is 4.35. The highest BCUT2D eigenvalue weighted by atomic mass is 19.4. The van der Waals surface area contributed by atoms with Gasteiger partial charge in [-0.1, -0.05) is 0 Å². The molecule has 0 aromatic carbocycles. The van der Waals surface area contributed by atoms with Gasteiger partial charge >= 0.3 is 6.18 Å². The topological polar surface area (TPSA) is 69.6 Å².